The zero-order valence-corrected chi connectivity index (χ0v) is 17.2. The average Bonchev–Trinajstić information content (AvgIpc) is 2.72. The van der Waals surface area contributed by atoms with Gasteiger partial charge in [0.2, 0.25) is 11.8 Å². The zero-order valence-electron chi connectivity index (χ0n) is 17.2. The third-order valence-corrected chi connectivity index (χ3v) is 6.11. The Labute approximate surface area is 173 Å². The number of carbonyl (C=O) groups excluding carboxylic acids is 2. The number of piperidine rings is 1. The molecule has 1 atom stereocenters. The zero-order chi connectivity index (χ0) is 20.7. The summed E-state index contributed by atoms with van der Waals surface area (Å²) < 4.78 is 0. The Hall–Kier alpha value is -2.47. The molecule has 0 aliphatic carbocycles. The standard InChI is InChI=1S/C23H32N4O2/c1-3-9-23(10-4-2)11-5-6-14-27(23)21(28)16-20-22(29)25-13-15-26(20)18-19-8-7-12-24-17-19/h3-4,7-8,12,17,20H,1-2,5-6,9-11,13-16,18H2,(H,25,29)/t20-/m0/s1. The molecule has 0 radical (unpaired) electrons. The molecule has 2 saturated heterocycles. The molecule has 6 nitrogen and oxygen atoms in total. The third kappa shape index (κ3) is 4.93. The van der Waals surface area contributed by atoms with Crippen LogP contribution in [0.25, 0.3) is 0 Å². The fourth-order valence-corrected chi connectivity index (χ4v) is 4.71. The van der Waals surface area contributed by atoms with E-state index in [1.165, 1.54) is 0 Å². The number of rotatable bonds is 8. The molecule has 2 fully saturated rings. The van der Waals surface area contributed by atoms with Crippen LogP contribution >= 0.6 is 0 Å². The van der Waals surface area contributed by atoms with E-state index in [0.717, 1.165) is 50.8 Å². The molecular weight excluding hydrogens is 364 g/mol. The first-order valence-electron chi connectivity index (χ1n) is 10.5. The van der Waals surface area contributed by atoms with Gasteiger partial charge in [-0.25, -0.2) is 0 Å². The molecule has 0 unspecified atom stereocenters. The van der Waals surface area contributed by atoms with Crippen LogP contribution in [-0.4, -0.2) is 57.8 Å². The minimum atomic E-state index is -0.455. The maximum Gasteiger partial charge on any atom is 0.237 e. The normalized spacial score (nSPS) is 22.0. The van der Waals surface area contributed by atoms with Crippen molar-refractivity contribution in [3.63, 3.8) is 0 Å². The number of hydrogen-bond donors (Lipinski definition) is 1. The van der Waals surface area contributed by atoms with Gasteiger partial charge in [-0.2, -0.15) is 0 Å². The van der Waals surface area contributed by atoms with E-state index in [-0.39, 0.29) is 23.8 Å². The molecule has 0 spiro atoms. The molecule has 3 rings (SSSR count). The van der Waals surface area contributed by atoms with Gasteiger partial charge in [-0.1, -0.05) is 18.2 Å². The quantitative estimate of drug-likeness (QED) is 0.686. The van der Waals surface area contributed by atoms with Crippen LogP contribution < -0.4 is 5.32 Å². The van der Waals surface area contributed by atoms with Crippen molar-refractivity contribution >= 4 is 11.8 Å². The van der Waals surface area contributed by atoms with Gasteiger partial charge >= 0.3 is 0 Å². The van der Waals surface area contributed by atoms with Crippen molar-refractivity contribution in [3.05, 3.63) is 55.4 Å². The van der Waals surface area contributed by atoms with Crippen LogP contribution in [0, 0.1) is 0 Å². The van der Waals surface area contributed by atoms with Gasteiger partial charge in [-0.3, -0.25) is 19.5 Å². The predicted octanol–water partition coefficient (Wildman–Crippen LogP) is 2.68. The molecule has 156 valence electrons. The first-order valence-corrected chi connectivity index (χ1v) is 10.5. The number of nitrogens with zero attached hydrogens (tertiary/aromatic N) is 3. The molecule has 2 aliphatic rings. The van der Waals surface area contributed by atoms with Crippen molar-refractivity contribution < 1.29 is 9.59 Å². The molecule has 29 heavy (non-hydrogen) atoms. The Balaban J connectivity index is 1.77. The summed E-state index contributed by atoms with van der Waals surface area (Å²) in [6, 6.07) is 3.44. The highest BCUT2D eigenvalue weighted by Gasteiger charge is 2.41. The van der Waals surface area contributed by atoms with Gasteiger partial charge in [0.25, 0.3) is 0 Å². The molecule has 1 aromatic rings. The molecule has 2 aliphatic heterocycles. The van der Waals surface area contributed by atoms with Gasteiger partial charge in [0.05, 0.1) is 12.5 Å². The summed E-state index contributed by atoms with van der Waals surface area (Å²) in [4.78, 5) is 34.3. The second-order valence-corrected chi connectivity index (χ2v) is 8.06. The average molecular weight is 397 g/mol. The number of carbonyl (C=O) groups is 2. The van der Waals surface area contributed by atoms with Crippen LogP contribution in [0.1, 0.15) is 44.1 Å². The molecule has 6 heteroatoms. The SMILES string of the molecule is C=CCC1(CC=C)CCCCN1C(=O)C[C@H]1C(=O)NCCN1Cc1cccnc1. The van der Waals surface area contributed by atoms with Crippen LogP contribution in [0.2, 0.25) is 0 Å². The van der Waals surface area contributed by atoms with E-state index in [0.29, 0.717) is 13.1 Å². The number of pyridine rings is 1. The van der Waals surface area contributed by atoms with Crippen molar-refractivity contribution in [1.82, 2.24) is 20.1 Å². The van der Waals surface area contributed by atoms with Crippen LogP contribution in [0.4, 0.5) is 0 Å². The maximum atomic E-state index is 13.4. The van der Waals surface area contributed by atoms with Crippen molar-refractivity contribution in [2.75, 3.05) is 19.6 Å². The summed E-state index contributed by atoms with van der Waals surface area (Å²) in [6.45, 7) is 10.5. The van der Waals surface area contributed by atoms with Crippen LogP contribution in [0.3, 0.4) is 0 Å². The Morgan fingerprint density at radius 2 is 2.07 bits per heavy atom. The largest absolute Gasteiger partial charge is 0.353 e. The topological polar surface area (TPSA) is 65.5 Å². The monoisotopic (exact) mass is 396 g/mol. The summed E-state index contributed by atoms with van der Waals surface area (Å²) in [5, 5.41) is 2.93. The molecule has 3 heterocycles. The molecule has 1 N–H and O–H groups in total. The van der Waals surface area contributed by atoms with E-state index in [1.807, 2.05) is 35.4 Å². The van der Waals surface area contributed by atoms with Gasteiger partial charge in [-0.05, 0) is 43.7 Å². The second-order valence-electron chi connectivity index (χ2n) is 8.06. The van der Waals surface area contributed by atoms with Crippen molar-refractivity contribution in [3.8, 4) is 0 Å². The minimum absolute atomic E-state index is 0.0478. The molecule has 0 aromatic carbocycles. The Bertz CT molecular complexity index is 724. The molecule has 0 bridgehead atoms. The highest BCUT2D eigenvalue weighted by Crippen LogP contribution is 2.36. The van der Waals surface area contributed by atoms with E-state index in [4.69, 9.17) is 0 Å². The lowest BCUT2D eigenvalue weighted by Crippen LogP contribution is -2.59. The van der Waals surface area contributed by atoms with E-state index >= 15 is 0 Å². The van der Waals surface area contributed by atoms with Crippen molar-refractivity contribution in [2.45, 2.75) is 56.7 Å². The Kier molecular flexibility index (Phi) is 7.20. The first kappa shape index (κ1) is 21.2. The van der Waals surface area contributed by atoms with E-state index in [1.54, 1.807) is 6.20 Å². The smallest absolute Gasteiger partial charge is 0.237 e. The van der Waals surface area contributed by atoms with Crippen LogP contribution in [0.15, 0.2) is 49.8 Å². The summed E-state index contributed by atoms with van der Waals surface area (Å²) >= 11 is 0. The van der Waals surface area contributed by atoms with Gasteiger partial charge in [0, 0.05) is 44.1 Å². The lowest BCUT2D eigenvalue weighted by Gasteiger charge is -2.47. The Morgan fingerprint density at radius 1 is 1.28 bits per heavy atom. The predicted molar refractivity (Wildman–Crippen MR) is 114 cm³/mol. The highest BCUT2D eigenvalue weighted by molar-refractivity contribution is 5.89. The summed E-state index contributed by atoms with van der Waals surface area (Å²) in [7, 11) is 0. The number of nitrogens with one attached hydrogen (secondary N) is 1. The number of aromatic nitrogens is 1. The highest BCUT2D eigenvalue weighted by atomic mass is 16.2. The van der Waals surface area contributed by atoms with Gasteiger partial charge in [-0.15, -0.1) is 13.2 Å². The van der Waals surface area contributed by atoms with Gasteiger partial charge < -0.3 is 10.2 Å². The Morgan fingerprint density at radius 3 is 2.76 bits per heavy atom. The molecule has 2 amide bonds. The van der Waals surface area contributed by atoms with Crippen LogP contribution in [-0.2, 0) is 16.1 Å². The van der Waals surface area contributed by atoms with E-state index in [9.17, 15) is 9.59 Å². The molecular formula is C23H32N4O2. The number of piperazine rings is 1. The molecule has 1 aromatic heterocycles. The van der Waals surface area contributed by atoms with Gasteiger partial charge in [0.1, 0.15) is 0 Å². The number of likely N-dealkylation sites (tertiary alicyclic amines) is 1. The van der Waals surface area contributed by atoms with E-state index < -0.39 is 6.04 Å². The summed E-state index contributed by atoms with van der Waals surface area (Å²) in [5.41, 5.74) is 0.795. The maximum absolute atomic E-state index is 13.4. The number of amides is 2. The van der Waals surface area contributed by atoms with Gasteiger partial charge in [0.15, 0.2) is 0 Å². The van der Waals surface area contributed by atoms with Crippen LogP contribution in [0.5, 0.6) is 0 Å². The fourth-order valence-electron chi connectivity index (χ4n) is 4.71. The minimum Gasteiger partial charge on any atom is -0.353 e. The second kappa shape index (κ2) is 9.83. The number of hydrogen-bond acceptors (Lipinski definition) is 4. The summed E-state index contributed by atoms with van der Waals surface area (Å²) in [5.74, 6) is -0.0184. The lowest BCUT2D eigenvalue weighted by atomic mass is 9.80. The summed E-state index contributed by atoms with van der Waals surface area (Å²) in [6.07, 6.45) is 12.1. The first-order chi connectivity index (χ1) is 14.1. The van der Waals surface area contributed by atoms with E-state index in [2.05, 4.69) is 28.4 Å². The lowest BCUT2D eigenvalue weighted by molar-refractivity contribution is -0.145. The van der Waals surface area contributed by atoms with Crippen molar-refractivity contribution in [1.29, 1.82) is 0 Å². The fraction of sp³-hybridized carbons (Fsp3) is 0.522. The van der Waals surface area contributed by atoms with Crippen molar-refractivity contribution in [2.24, 2.45) is 0 Å². The molecule has 0 saturated carbocycles. The third-order valence-electron chi connectivity index (χ3n) is 6.11.